The molecular formula is C23H27NO5. The van der Waals surface area contributed by atoms with Crippen molar-refractivity contribution in [3.63, 3.8) is 0 Å². The van der Waals surface area contributed by atoms with Crippen LogP contribution in [0.5, 0.6) is 17.2 Å². The molecule has 1 saturated heterocycles. The molecule has 29 heavy (non-hydrogen) atoms. The number of carbonyl (C=O) groups excluding carboxylic acids is 1. The molecule has 6 heteroatoms. The maximum absolute atomic E-state index is 13.5. The summed E-state index contributed by atoms with van der Waals surface area (Å²) in [6.45, 7) is 4.23. The predicted octanol–water partition coefficient (Wildman–Crippen LogP) is 3.39. The van der Waals surface area contributed by atoms with Crippen molar-refractivity contribution in [1.82, 2.24) is 5.32 Å². The van der Waals surface area contributed by atoms with E-state index < -0.39 is 5.41 Å². The van der Waals surface area contributed by atoms with Crippen LogP contribution in [-0.2, 0) is 14.9 Å². The third-order valence-electron chi connectivity index (χ3n) is 5.84. The first-order valence-electron chi connectivity index (χ1n) is 10.1. The van der Waals surface area contributed by atoms with Crippen LogP contribution in [0.4, 0.5) is 0 Å². The van der Waals surface area contributed by atoms with Gasteiger partial charge in [0.05, 0.1) is 18.6 Å². The molecule has 1 amide bonds. The molecule has 0 saturated carbocycles. The highest BCUT2D eigenvalue weighted by Gasteiger charge is 2.42. The fraction of sp³-hybridized carbons (Fsp3) is 0.435. The lowest BCUT2D eigenvalue weighted by Gasteiger charge is -2.37. The van der Waals surface area contributed by atoms with Gasteiger partial charge in [-0.1, -0.05) is 18.2 Å². The summed E-state index contributed by atoms with van der Waals surface area (Å²) in [6.07, 6.45) is 1.30. The van der Waals surface area contributed by atoms with Crippen LogP contribution in [0.25, 0.3) is 0 Å². The number of hydrogen-bond donors (Lipinski definition) is 1. The monoisotopic (exact) mass is 397 g/mol. The Hall–Kier alpha value is -2.73. The van der Waals surface area contributed by atoms with Crippen LogP contribution in [0.1, 0.15) is 36.9 Å². The summed E-state index contributed by atoms with van der Waals surface area (Å²) in [5.41, 5.74) is 1.38. The number of amides is 1. The van der Waals surface area contributed by atoms with Crippen LogP contribution in [0.2, 0.25) is 0 Å². The van der Waals surface area contributed by atoms with E-state index in [0.717, 1.165) is 28.4 Å². The van der Waals surface area contributed by atoms with Gasteiger partial charge in [-0.3, -0.25) is 4.79 Å². The van der Waals surface area contributed by atoms with Gasteiger partial charge in [0.1, 0.15) is 19.0 Å². The summed E-state index contributed by atoms with van der Waals surface area (Å²) < 4.78 is 22.1. The van der Waals surface area contributed by atoms with Gasteiger partial charge in [0, 0.05) is 13.2 Å². The molecule has 2 aliphatic heterocycles. The molecule has 2 aliphatic rings. The van der Waals surface area contributed by atoms with Gasteiger partial charge in [-0.15, -0.1) is 0 Å². The number of benzene rings is 2. The number of carbonyl (C=O) groups is 1. The Morgan fingerprint density at radius 2 is 1.69 bits per heavy atom. The summed E-state index contributed by atoms with van der Waals surface area (Å²) in [6, 6.07) is 13.5. The first kappa shape index (κ1) is 19.6. The summed E-state index contributed by atoms with van der Waals surface area (Å²) in [5.74, 6) is 2.28. The predicted molar refractivity (Wildman–Crippen MR) is 109 cm³/mol. The standard InChI is InChI=1S/C23H27NO5/c1-16(17-3-8-20-21(15-17)29-14-13-28-20)24-22(25)23(9-11-27-12-10-23)18-4-6-19(26-2)7-5-18/h3-8,15-16H,9-14H2,1-2H3,(H,24,25)/t16-/m1/s1. The Morgan fingerprint density at radius 3 is 2.38 bits per heavy atom. The number of nitrogens with one attached hydrogen (secondary N) is 1. The minimum absolute atomic E-state index is 0.0216. The molecular weight excluding hydrogens is 370 g/mol. The van der Waals surface area contributed by atoms with E-state index in [0.29, 0.717) is 39.3 Å². The van der Waals surface area contributed by atoms with Crippen molar-refractivity contribution in [2.24, 2.45) is 0 Å². The molecule has 6 nitrogen and oxygen atoms in total. The van der Waals surface area contributed by atoms with Gasteiger partial charge in [0.2, 0.25) is 5.91 Å². The smallest absolute Gasteiger partial charge is 0.231 e. The molecule has 1 fully saturated rings. The lowest BCUT2D eigenvalue weighted by atomic mass is 9.73. The zero-order chi connectivity index (χ0) is 20.3. The van der Waals surface area contributed by atoms with E-state index in [4.69, 9.17) is 18.9 Å². The van der Waals surface area contributed by atoms with E-state index in [2.05, 4.69) is 5.32 Å². The van der Waals surface area contributed by atoms with E-state index in [-0.39, 0.29) is 11.9 Å². The lowest BCUT2D eigenvalue weighted by molar-refractivity contribution is -0.131. The molecule has 154 valence electrons. The second-order valence-corrected chi connectivity index (χ2v) is 7.52. The van der Waals surface area contributed by atoms with Crippen molar-refractivity contribution in [3.8, 4) is 17.2 Å². The fourth-order valence-electron chi connectivity index (χ4n) is 4.02. The minimum Gasteiger partial charge on any atom is -0.497 e. The van der Waals surface area contributed by atoms with Gasteiger partial charge in [-0.05, 0) is 55.2 Å². The molecule has 1 atom stereocenters. The fourth-order valence-corrected chi connectivity index (χ4v) is 4.02. The molecule has 0 bridgehead atoms. The highest BCUT2D eigenvalue weighted by Crippen LogP contribution is 2.37. The van der Waals surface area contributed by atoms with E-state index in [9.17, 15) is 4.79 Å². The molecule has 0 unspecified atom stereocenters. The second-order valence-electron chi connectivity index (χ2n) is 7.52. The van der Waals surface area contributed by atoms with Crippen molar-refractivity contribution < 1.29 is 23.7 Å². The van der Waals surface area contributed by atoms with E-state index in [1.807, 2.05) is 49.4 Å². The normalized spacial score (nSPS) is 18.6. The maximum atomic E-state index is 13.5. The molecule has 0 aromatic heterocycles. The Morgan fingerprint density at radius 1 is 1.00 bits per heavy atom. The molecule has 0 aliphatic carbocycles. The second kappa shape index (κ2) is 8.33. The largest absolute Gasteiger partial charge is 0.497 e. The summed E-state index contributed by atoms with van der Waals surface area (Å²) in [7, 11) is 1.64. The molecule has 2 aromatic carbocycles. The Bertz CT molecular complexity index is 858. The summed E-state index contributed by atoms with van der Waals surface area (Å²) >= 11 is 0. The van der Waals surface area contributed by atoms with Crippen LogP contribution in [0, 0.1) is 0 Å². The maximum Gasteiger partial charge on any atom is 0.231 e. The molecule has 0 radical (unpaired) electrons. The van der Waals surface area contributed by atoms with Crippen LogP contribution in [0.15, 0.2) is 42.5 Å². The Kier molecular flexibility index (Phi) is 5.62. The summed E-state index contributed by atoms with van der Waals surface area (Å²) in [5, 5.41) is 3.22. The third-order valence-corrected chi connectivity index (χ3v) is 5.84. The van der Waals surface area contributed by atoms with Gasteiger partial charge < -0.3 is 24.3 Å². The van der Waals surface area contributed by atoms with Gasteiger partial charge in [0.25, 0.3) is 0 Å². The zero-order valence-corrected chi connectivity index (χ0v) is 16.9. The number of methoxy groups -OCH3 is 1. The Labute approximate surface area is 171 Å². The number of hydrogen-bond acceptors (Lipinski definition) is 5. The average molecular weight is 397 g/mol. The van der Waals surface area contributed by atoms with E-state index in [1.165, 1.54) is 0 Å². The van der Waals surface area contributed by atoms with Gasteiger partial charge in [0.15, 0.2) is 11.5 Å². The molecule has 0 spiro atoms. The van der Waals surface area contributed by atoms with Gasteiger partial charge in [-0.2, -0.15) is 0 Å². The van der Waals surface area contributed by atoms with Crippen molar-refractivity contribution >= 4 is 5.91 Å². The zero-order valence-electron chi connectivity index (χ0n) is 16.9. The topological polar surface area (TPSA) is 66.0 Å². The van der Waals surface area contributed by atoms with Gasteiger partial charge >= 0.3 is 0 Å². The van der Waals surface area contributed by atoms with Gasteiger partial charge in [-0.25, -0.2) is 0 Å². The summed E-state index contributed by atoms with van der Waals surface area (Å²) in [4.78, 5) is 13.5. The van der Waals surface area contributed by atoms with E-state index >= 15 is 0 Å². The molecule has 1 N–H and O–H groups in total. The van der Waals surface area contributed by atoms with Crippen LogP contribution in [-0.4, -0.2) is 39.4 Å². The van der Waals surface area contributed by atoms with E-state index in [1.54, 1.807) is 7.11 Å². The minimum atomic E-state index is -0.605. The van der Waals surface area contributed by atoms with Crippen LogP contribution < -0.4 is 19.5 Å². The van der Waals surface area contributed by atoms with Crippen LogP contribution in [0.3, 0.4) is 0 Å². The number of ether oxygens (including phenoxy) is 4. The van der Waals surface area contributed by atoms with Crippen molar-refractivity contribution in [1.29, 1.82) is 0 Å². The van der Waals surface area contributed by atoms with Crippen molar-refractivity contribution in [3.05, 3.63) is 53.6 Å². The Balaban J connectivity index is 1.56. The SMILES string of the molecule is COc1ccc(C2(C(=O)N[C@H](C)c3ccc4c(c3)OCCO4)CCOCC2)cc1. The first-order chi connectivity index (χ1) is 14.1. The first-order valence-corrected chi connectivity index (χ1v) is 10.1. The van der Waals surface area contributed by atoms with Crippen molar-refractivity contribution in [2.45, 2.75) is 31.2 Å². The third kappa shape index (κ3) is 3.90. The van der Waals surface area contributed by atoms with Crippen molar-refractivity contribution in [2.75, 3.05) is 33.5 Å². The lowest BCUT2D eigenvalue weighted by Crippen LogP contribution is -2.48. The molecule has 2 heterocycles. The highest BCUT2D eigenvalue weighted by molar-refractivity contribution is 5.88. The molecule has 2 aromatic rings. The quantitative estimate of drug-likeness (QED) is 0.838. The van der Waals surface area contributed by atoms with Crippen LogP contribution >= 0.6 is 0 Å². The number of fused-ring (bicyclic) bond motifs is 1. The average Bonchev–Trinajstić information content (AvgIpc) is 2.79. The highest BCUT2D eigenvalue weighted by atomic mass is 16.6. The number of rotatable bonds is 5. The molecule has 4 rings (SSSR count).